The number of aliphatic hydroxyl groups excluding tert-OH is 1. The Kier molecular flexibility index (Phi) is 7.36. The van der Waals surface area contributed by atoms with E-state index >= 15 is 0 Å². The van der Waals surface area contributed by atoms with Gasteiger partial charge in [-0.1, -0.05) is 24.3 Å². The highest BCUT2D eigenvalue weighted by atomic mass is 16.5. The Hall–Kier alpha value is -3.12. The molecule has 1 unspecified atom stereocenters. The average molecular weight is 438 g/mol. The summed E-state index contributed by atoms with van der Waals surface area (Å²) in [6.45, 7) is 8.63. The Morgan fingerprint density at radius 1 is 1.06 bits per heavy atom. The van der Waals surface area contributed by atoms with Crippen molar-refractivity contribution in [2.24, 2.45) is 0 Å². The predicted molar refractivity (Wildman–Crippen MR) is 124 cm³/mol. The molecule has 6 nitrogen and oxygen atoms in total. The first-order valence-electron chi connectivity index (χ1n) is 10.9. The van der Waals surface area contributed by atoms with Gasteiger partial charge in [-0.25, -0.2) is 0 Å². The minimum absolute atomic E-state index is 0.0327. The van der Waals surface area contributed by atoms with Crippen molar-refractivity contribution in [2.75, 3.05) is 20.3 Å². The number of carbonyl (C=O) groups is 2. The summed E-state index contributed by atoms with van der Waals surface area (Å²) in [6.07, 6.45) is 0.614. The molecule has 0 aromatic heterocycles. The maximum Gasteiger partial charge on any atom is 0.295 e. The molecule has 1 fully saturated rings. The molecule has 3 rings (SSSR count). The van der Waals surface area contributed by atoms with Crippen LogP contribution in [0.5, 0.6) is 5.75 Å². The molecule has 1 saturated heterocycles. The lowest BCUT2D eigenvalue weighted by Crippen LogP contribution is -2.31. The van der Waals surface area contributed by atoms with E-state index in [2.05, 4.69) is 0 Å². The number of ketones is 1. The van der Waals surface area contributed by atoms with Gasteiger partial charge in [0.15, 0.2) is 0 Å². The molecule has 1 amide bonds. The van der Waals surface area contributed by atoms with Crippen LogP contribution in [0.3, 0.4) is 0 Å². The molecule has 2 aromatic carbocycles. The van der Waals surface area contributed by atoms with Crippen molar-refractivity contribution < 1.29 is 24.2 Å². The topological polar surface area (TPSA) is 76.1 Å². The van der Waals surface area contributed by atoms with Gasteiger partial charge in [-0.2, -0.15) is 0 Å². The molecule has 2 aromatic rings. The number of amides is 1. The third-order valence-electron chi connectivity index (χ3n) is 5.64. The summed E-state index contributed by atoms with van der Waals surface area (Å²) in [5.41, 5.74) is 3.44. The zero-order valence-corrected chi connectivity index (χ0v) is 19.3. The van der Waals surface area contributed by atoms with E-state index in [0.29, 0.717) is 30.9 Å². The summed E-state index contributed by atoms with van der Waals surface area (Å²) in [5.74, 6) is -0.743. The van der Waals surface area contributed by atoms with Gasteiger partial charge in [-0.05, 0) is 69.0 Å². The van der Waals surface area contributed by atoms with E-state index in [9.17, 15) is 14.7 Å². The zero-order valence-electron chi connectivity index (χ0n) is 19.3. The molecule has 1 aliphatic heterocycles. The molecule has 1 N–H and O–H groups in total. The summed E-state index contributed by atoms with van der Waals surface area (Å²) in [5, 5.41) is 11.1. The molecule has 0 bridgehead atoms. The SMILES string of the molecule is COCCCN1C(=O)C(=O)/C(=C(\O)c2ccc(C)c(C)c2)C1c1ccc(OC(C)C)cc1. The lowest BCUT2D eigenvalue weighted by atomic mass is 9.94. The van der Waals surface area contributed by atoms with Crippen LogP contribution in [0.25, 0.3) is 5.76 Å². The van der Waals surface area contributed by atoms with Crippen LogP contribution in [-0.2, 0) is 14.3 Å². The summed E-state index contributed by atoms with van der Waals surface area (Å²) < 4.78 is 10.8. The van der Waals surface area contributed by atoms with Gasteiger partial charge >= 0.3 is 0 Å². The van der Waals surface area contributed by atoms with Gasteiger partial charge in [-0.15, -0.1) is 0 Å². The molecular weight excluding hydrogens is 406 g/mol. The first-order valence-corrected chi connectivity index (χ1v) is 10.9. The molecule has 170 valence electrons. The minimum atomic E-state index is -0.679. The summed E-state index contributed by atoms with van der Waals surface area (Å²) >= 11 is 0. The third-order valence-corrected chi connectivity index (χ3v) is 5.64. The van der Waals surface area contributed by atoms with E-state index in [4.69, 9.17) is 9.47 Å². The molecule has 0 radical (unpaired) electrons. The molecule has 0 aliphatic carbocycles. The predicted octanol–water partition coefficient (Wildman–Crippen LogP) is 4.55. The second-order valence-corrected chi connectivity index (χ2v) is 8.37. The Morgan fingerprint density at radius 2 is 1.75 bits per heavy atom. The smallest absolute Gasteiger partial charge is 0.295 e. The fraction of sp³-hybridized carbons (Fsp3) is 0.385. The first kappa shape index (κ1) is 23.5. The maximum atomic E-state index is 13.0. The van der Waals surface area contributed by atoms with Crippen molar-refractivity contribution >= 4 is 17.4 Å². The van der Waals surface area contributed by atoms with Crippen LogP contribution in [0.2, 0.25) is 0 Å². The number of likely N-dealkylation sites (tertiary alicyclic amines) is 1. The quantitative estimate of drug-likeness (QED) is 0.284. The second kappa shape index (κ2) is 10.0. The van der Waals surface area contributed by atoms with Crippen LogP contribution in [0, 0.1) is 13.8 Å². The van der Waals surface area contributed by atoms with E-state index in [0.717, 1.165) is 16.7 Å². The zero-order chi connectivity index (χ0) is 23.4. The van der Waals surface area contributed by atoms with Gasteiger partial charge in [0.05, 0.1) is 17.7 Å². The van der Waals surface area contributed by atoms with Crippen LogP contribution in [0.15, 0.2) is 48.0 Å². The number of aliphatic hydroxyl groups is 1. The van der Waals surface area contributed by atoms with Crippen molar-refractivity contribution in [1.29, 1.82) is 0 Å². The molecule has 0 saturated carbocycles. The number of carbonyl (C=O) groups excluding carboxylic acids is 2. The van der Waals surface area contributed by atoms with Gasteiger partial charge in [0.25, 0.3) is 11.7 Å². The highest BCUT2D eigenvalue weighted by Gasteiger charge is 2.45. The maximum absolute atomic E-state index is 13.0. The number of aryl methyl sites for hydroxylation is 2. The Labute approximate surface area is 189 Å². The fourth-order valence-corrected chi connectivity index (χ4v) is 3.88. The van der Waals surface area contributed by atoms with Crippen LogP contribution >= 0.6 is 0 Å². The number of Topliss-reactive ketones (excluding diaryl/α,β-unsaturated/α-hetero) is 1. The lowest BCUT2D eigenvalue weighted by Gasteiger charge is -2.25. The number of nitrogens with zero attached hydrogens (tertiary/aromatic N) is 1. The number of hydrogen-bond acceptors (Lipinski definition) is 5. The highest BCUT2D eigenvalue weighted by molar-refractivity contribution is 6.46. The van der Waals surface area contributed by atoms with Gasteiger partial charge < -0.3 is 19.5 Å². The summed E-state index contributed by atoms with van der Waals surface area (Å²) in [7, 11) is 1.60. The largest absolute Gasteiger partial charge is 0.507 e. The fourth-order valence-electron chi connectivity index (χ4n) is 3.88. The number of ether oxygens (including phenoxy) is 2. The van der Waals surface area contributed by atoms with Crippen LogP contribution in [0.4, 0.5) is 0 Å². The van der Waals surface area contributed by atoms with Crippen molar-refractivity contribution in [2.45, 2.75) is 46.3 Å². The van der Waals surface area contributed by atoms with Crippen LogP contribution in [0.1, 0.15) is 48.6 Å². The number of hydrogen-bond donors (Lipinski definition) is 1. The van der Waals surface area contributed by atoms with Crippen molar-refractivity contribution in [3.63, 3.8) is 0 Å². The van der Waals surface area contributed by atoms with Gasteiger partial charge in [0.2, 0.25) is 0 Å². The van der Waals surface area contributed by atoms with Crippen LogP contribution < -0.4 is 4.74 Å². The Balaban J connectivity index is 2.09. The Bertz CT molecular complexity index is 1020. The Morgan fingerprint density at radius 3 is 2.34 bits per heavy atom. The van der Waals surface area contributed by atoms with Gasteiger partial charge in [0, 0.05) is 25.8 Å². The number of benzene rings is 2. The second-order valence-electron chi connectivity index (χ2n) is 8.37. The van der Waals surface area contributed by atoms with E-state index in [1.165, 1.54) is 4.90 Å². The van der Waals surface area contributed by atoms with E-state index < -0.39 is 17.7 Å². The normalized spacial score (nSPS) is 17.9. The van der Waals surface area contributed by atoms with Gasteiger partial charge in [-0.3, -0.25) is 9.59 Å². The van der Waals surface area contributed by atoms with Crippen molar-refractivity contribution in [3.05, 3.63) is 70.3 Å². The van der Waals surface area contributed by atoms with Crippen molar-refractivity contribution in [3.8, 4) is 5.75 Å². The number of methoxy groups -OCH3 is 1. The molecule has 0 spiro atoms. The van der Waals surface area contributed by atoms with Gasteiger partial charge in [0.1, 0.15) is 11.5 Å². The molecule has 1 atom stereocenters. The standard InChI is InChI=1S/C26H31NO5/c1-16(2)32-21-11-9-19(10-12-21)23-22(24(28)20-8-7-17(3)18(4)15-20)25(29)26(30)27(23)13-6-14-31-5/h7-12,15-16,23,28H,6,13-14H2,1-5H3/b24-22-. The summed E-state index contributed by atoms with van der Waals surface area (Å²) in [6, 6.07) is 12.1. The highest BCUT2D eigenvalue weighted by Crippen LogP contribution is 2.40. The molecular formula is C26H31NO5. The van der Waals surface area contributed by atoms with E-state index in [1.54, 1.807) is 13.2 Å². The monoisotopic (exact) mass is 437 g/mol. The molecule has 1 aliphatic rings. The molecule has 6 heteroatoms. The minimum Gasteiger partial charge on any atom is -0.507 e. The lowest BCUT2D eigenvalue weighted by molar-refractivity contribution is -0.140. The van der Waals surface area contributed by atoms with E-state index in [1.807, 2.05) is 64.1 Å². The number of rotatable bonds is 8. The summed E-state index contributed by atoms with van der Waals surface area (Å²) in [4.78, 5) is 27.5. The van der Waals surface area contributed by atoms with E-state index in [-0.39, 0.29) is 17.4 Å². The third kappa shape index (κ3) is 4.86. The van der Waals surface area contributed by atoms with Crippen LogP contribution in [-0.4, -0.2) is 48.1 Å². The molecule has 32 heavy (non-hydrogen) atoms. The average Bonchev–Trinajstić information content (AvgIpc) is 3.00. The molecule has 1 heterocycles. The van der Waals surface area contributed by atoms with Crippen molar-refractivity contribution in [1.82, 2.24) is 4.90 Å². The first-order chi connectivity index (χ1) is 15.2.